The second-order valence-electron chi connectivity index (χ2n) is 11.1. The molecule has 0 bridgehead atoms. The molecule has 0 N–H and O–H groups in total. The number of likely N-dealkylation sites (tertiary alicyclic amines) is 1. The van der Waals surface area contributed by atoms with Gasteiger partial charge >= 0.3 is 5.97 Å². The lowest BCUT2D eigenvalue weighted by Gasteiger charge is -2.49. The average Bonchev–Trinajstić information content (AvgIpc) is 3.29. The number of nitrogens with zero attached hydrogens (tertiary/aromatic N) is 4. The lowest BCUT2D eigenvalue weighted by Crippen LogP contribution is -2.57. The van der Waals surface area contributed by atoms with E-state index in [2.05, 4.69) is 46.5 Å². The SMILES string of the molecule is C=CCOC1(C)CCN(C2N([C@@H](OC(C)(C)C)C(=O)OC)C(C)=Cc3cc(-c4cccc(Br)c4)nn32)CC1. The molecule has 2 aliphatic rings. The molecule has 8 nitrogen and oxygen atoms in total. The Morgan fingerprint density at radius 1 is 1.29 bits per heavy atom. The third-order valence-corrected chi connectivity index (χ3v) is 7.46. The van der Waals surface area contributed by atoms with E-state index < -0.39 is 17.8 Å². The van der Waals surface area contributed by atoms with E-state index in [0.29, 0.717) is 6.61 Å². The molecule has 1 saturated heterocycles. The molecule has 1 fully saturated rings. The fraction of sp³-hybridized carbons (Fsp3) is 0.517. The molecule has 38 heavy (non-hydrogen) atoms. The summed E-state index contributed by atoms with van der Waals surface area (Å²) in [5, 5.41) is 5.07. The van der Waals surface area contributed by atoms with Gasteiger partial charge in [-0.15, -0.1) is 6.58 Å². The number of fused-ring (bicyclic) bond motifs is 1. The smallest absolute Gasteiger partial charge is 0.356 e. The molecule has 2 atom stereocenters. The second-order valence-corrected chi connectivity index (χ2v) is 12.1. The Hall–Kier alpha value is -2.46. The Balaban J connectivity index is 1.77. The molecule has 206 valence electrons. The molecule has 0 amide bonds. The second kappa shape index (κ2) is 11.3. The lowest BCUT2D eigenvalue weighted by atomic mass is 9.93. The van der Waals surface area contributed by atoms with Crippen LogP contribution in [-0.2, 0) is 19.0 Å². The quantitative estimate of drug-likeness (QED) is 0.285. The van der Waals surface area contributed by atoms with Crippen molar-refractivity contribution >= 4 is 28.0 Å². The summed E-state index contributed by atoms with van der Waals surface area (Å²) in [5.41, 5.74) is 2.94. The molecule has 1 unspecified atom stereocenters. The number of allylic oxidation sites excluding steroid dienone is 1. The van der Waals surface area contributed by atoms with Gasteiger partial charge in [-0.2, -0.15) is 5.10 Å². The van der Waals surface area contributed by atoms with Gasteiger partial charge in [-0.1, -0.05) is 34.1 Å². The van der Waals surface area contributed by atoms with Gasteiger partial charge in [-0.3, -0.25) is 4.90 Å². The summed E-state index contributed by atoms with van der Waals surface area (Å²) in [7, 11) is 1.40. The fourth-order valence-corrected chi connectivity index (χ4v) is 5.40. The van der Waals surface area contributed by atoms with Crippen LogP contribution in [0.1, 0.15) is 59.4 Å². The number of rotatable bonds is 8. The van der Waals surface area contributed by atoms with Gasteiger partial charge in [0.2, 0.25) is 6.23 Å². The molecule has 0 saturated carbocycles. The van der Waals surface area contributed by atoms with E-state index in [9.17, 15) is 4.79 Å². The van der Waals surface area contributed by atoms with Crippen molar-refractivity contribution in [3.63, 3.8) is 0 Å². The molecule has 3 heterocycles. The minimum Gasteiger partial charge on any atom is -0.466 e. The summed E-state index contributed by atoms with van der Waals surface area (Å²) in [5.74, 6) is -0.448. The van der Waals surface area contributed by atoms with Crippen LogP contribution in [0.15, 0.2) is 53.2 Å². The van der Waals surface area contributed by atoms with Crippen LogP contribution in [0.5, 0.6) is 0 Å². The highest BCUT2D eigenvalue weighted by Crippen LogP contribution is 2.39. The van der Waals surface area contributed by atoms with Crippen molar-refractivity contribution in [2.75, 3.05) is 26.8 Å². The first kappa shape index (κ1) is 28.5. The van der Waals surface area contributed by atoms with E-state index in [1.54, 1.807) is 6.08 Å². The number of esters is 1. The van der Waals surface area contributed by atoms with Crippen LogP contribution < -0.4 is 0 Å². The zero-order chi connectivity index (χ0) is 27.7. The van der Waals surface area contributed by atoms with Crippen molar-refractivity contribution in [1.82, 2.24) is 19.6 Å². The van der Waals surface area contributed by atoms with Crippen LogP contribution >= 0.6 is 15.9 Å². The van der Waals surface area contributed by atoms with E-state index in [-0.39, 0.29) is 11.9 Å². The Kier molecular flexibility index (Phi) is 8.52. The highest BCUT2D eigenvalue weighted by Gasteiger charge is 2.44. The highest BCUT2D eigenvalue weighted by atomic mass is 79.9. The molecule has 9 heteroatoms. The van der Waals surface area contributed by atoms with Crippen molar-refractivity contribution < 1.29 is 19.0 Å². The van der Waals surface area contributed by atoms with Crippen molar-refractivity contribution in [2.24, 2.45) is 0 Å². The number of hydrogen-bond acceptors (Lipinski definition) is 7. The molecular formula is C29H39BrN4O4. The predicted octanol–water partition coefficient (Wildman–Crippen LogP) is 5.82. The number of aromatic nitrogens is 2. The van der Waals surface area contributed by atoms with Gasteiger partial charge in [0.1, 0.15) is 0 Å². The first-order valence-corrected chi connectivity index (χ1v) is 13.8. The van der Waals surface area contributed by atoms with E-state index in [1.165, 1.54) is 7.11 Å². The van der Waals surface area contributed by atoms with Gasteiger partial charge in [-0.25, -0.2) is 9.48 Å². The van der Waals surface area contributed by atoms with Crippen molar-refractivity contribution in [3.8, 4) is 11.3 Å². The largest absolute Gasteiger partial charge is 0.466 e. The normalized spacial score (nSPS) is 20.4. The summed E-state index contributed by atoms with van der Waals surface area (Å²) in [4.78, 5) is 17.5. The van der Waals surface area contributed by atoms with Gasteiger partial charge in [0, 0.05) is 28.8 Å². The molecule has 2 aliphatic heterocycles. The van der Waals surface area contributed by atoms with Crippen LogP contribution in [0.2, 0.25) is 0 Å². The number of carbonyl (C=O) groups is 1. The van der Waals surface area contributed by atoms with E-state index in [1.807, 2.05) is 61.6 Å². The van der Waals surface area contributed by atoms with Gasteiger partial charge in [0.15, 0.2) is 6.29 Å². The maximum absolute atomic E-state index is 13.2. The highest BCUT2D eigenvalue weighted by molar-refractivity contribution is 9.10. The van der Waals surface area contributed by atoms with E-state index in [4.69, 9.17) is 19.3 Å². The summed E-state index contributed by atoms with van der Waals surface area (Å²) < 4.78 is 20.7. The minimum absolute atomic E-state index is 0.229. The van der Waals surface area contributed by atoms with Crippen LogP contribution in [0.4, 0.5) is 0 Å². The lowest BCUT2D eigenvalue weighted by molar-refractivity contribution is -0.203. The minimum atomic E-state index is -0.946. The number of hydrogen-bond donors (Lipinski definition) is 0. The van der Waals surface area contributed by atoms with Crippen LogP contribution in [0.3, 0.4) is 0 Å². The number of methoxy groups -OCH3 is 1. The van der Waals surface area contributed by atoms with E-state index in [0.717, 1.165) is 53.1 Å². The van der Waals surface area contributed by atoms with Gasteiger partial charge in [-0.05, 0) is 71.7 Å². The van der Waals surface area contributed by atoms with Crippen molar-refractivity contribution in [1.29, 1.82) is 0 Å². The zero-order valence-corrected chi connectivity index (χ0v) is 24.8. The fourth-order valence-electron chi connectivity index (χ4n) is 5.00. The molecule has 1 aromatic carbocycles. The first-order chi connectivity index (χ1) is 17.9. The Labute approximate surface area is 234 Å². The number of ether oxygens (including phenoxy) is 3. The number of benzene rings is 1. The van der Waals surface area contributed by atoms with Crippen molar-refractivity contribution in [2.45, 2.75) is 71.2 Å². The monoisotopic (exact) mass is 586 g/mol. The Morgan fingerprint density at radius 2 is 2.00 bits per heavy atom. The molecule has 0 aliphatic carbocycles. The van der Waals surface area contributed by atoms with Crippen LogP contribution in [0.25, 0.3) is 17.3 Å². The molecular weight excluding hydrogens is 548 g/mol. The maximum Gasteiger partial charge on any atom is 0.356 e. The van der Waals surface area contributed by atoms with Crippen LogP contribution in [-0.4, -0.2) is 69.8 Å². The maximum atomic E-state index is 13.2. The molecule has 4 rings (SSSR count). The van der Waals surface area contributed by atoms with E-state index >= 15 is 0 Å². The number of piperidine rings is 1. The number of carbonyl (C=O) groups excluding carboxylic acids is 1. The third-order valence-electron chi connectivity index (χ3n) is 6.97. The molecule has 2 aromatic rings. The van der Waals surface area contributed by atoms with Crippen LogP contribution in [0, 0.1) is 0 Å². The third kappa shape index (κ3) is 6.22. The summed E-state index contributed by atoms with van der Waals surface area (Å²) in [6, 6.07) is 10.2. The topological polar surface area (TPSA) is 69.1 Å². The van der Waals surface area contributed by atoms with Gasteiger partial charge in [0.05, 0.1) is 36.3 Å². The Bertz CT molecular complexity index is 1190. The molecule has 0 radical (unpaired) electrons. The van der Waals surface area contributed by atoms with Gasteiger partial charge in [0.25, 0.3) is 0 Å². The summed E-state index contributed by atoms with van der Waals surface area (Å²) in [6.07, 6.45) is 4.19. The predicted molar refractivity (Wildman–Crippen MR) is 152 cm³/mol. The molecule has 1 aromatic heterocycles. The summed E-state index contributed by atoms with van der Waals surface area (Å²) in [6.45, 7) is 15.8. The first-order valence-electron chi connectivity index (χ1n) is 13.0. The number of halogens is 1. The Morgan fingerprint density at radius 3 is 2.61 bits per heavy atom. The standard InChI is InChI=1S/C29H39BrN4O4/c1-8-16-37-29(6)12-14-32(15-13-29)27-33(25(26(35)36-7)38-28(3,4)5)20(2)17-23-19-24(31-34(23)27)21-10-9-11-22(30)18-21/h8-11,17-19,25,27H,1,12-16H2,2-7H3/t25-,27?/m0/s1. The zero-order valence-electron chi connectivity index (χ0n) is 23.2. The molecule has 0 spiro atoms. The summed E-state index contributed by atoms with van der Waals surface area (Å²) >= 11 is 3.58. The average molecular weight is 588 g/mol. The van der Waals surface area contributed by atoms with Crippen molar-refractivity contribution in [3.05, 3.63) is 58.9 Å². The van der Waals surface area contributed by atoms with Gasteiger partial charge < -0.3 is 19.1 Å².